The maximum atomic E-state index is 13.1. The van der Waals surface area contributed by atoms with Crippen molar-refractivity contribution in [2.75, 3.05) is 32.1 Å². The van der Waals surface area contributed by atoms with Gasteiger partial charge in [0.2, 0.25) is 41.4 Å². The van der Waals surface area contributed by atoms with Crippen molar-refractivity contribution < 1.29 is 33.6 Å². The number of carbonyl (C=O) groups is 7. The van der Waals surface area contributed by atoms with Crippen LogP contribution in [0, 0.1) is 0 Å². The highest BCUT2D eigenvalue weighted by molar-refractivity contribution is 7.98. The van der Waals surface area contributed by atoms with Gasteiger partial charge in [-0.05, 0) is 64.0 Å². The lowest BCUT2D eigenvalue weighted by atomic mass is 10.0. The zero-order chi connectivity index (χ0) is 40.6. The molecule has 0 aliphatic carbocycles. The number of hydrogen-bond acceptors (Lipinski definition) is 9. The highest BCUT2D eigenvalue weighted by atomic mass is 32.2. The first-order chi connectivity index (χ1) is 25.9. The van der Waals surface area contributed by atoms with Gasteiger partial charge in [-0.3, -0.25) is 33.6 Å². The van der Waals surface area contributed by atoms with Gasteiger partial charge >= 0.3 is 0 Å². The van der Waals surface area contributed by atoms with E-state index in [9.17, 15) is 33.6 Å². The summed E-state index contributed by atoms with van der Waals surface area (Å²) in [5.74, 6) is -3.27. The zero-order valence-corrected chi connectivity index (χ0v) is 34.3. The minimum atomic E-state index is -1.22. The second kappa shape index (κ2) is 33.0. The number of unbranched alkanes of at least 4 members (excludes halogenated alkanes) is 13. The molecule has 16 heteroatoms. The molecular formula is C38H72N8O7S. The van der Waals surface area contributed by atoms with Crippen LogP contribution in [0.1, 0.15) is 142 Å². The first kappa shape index (κ1) is 50.6. The van der Waals surface area contributed by atoms with E-state index in [1.54, 1.807) is 0 Å². The van der Waals surface area contributed by atoms with Crippen LogP contribution >= 0.6 is 11.8 Å². The van der Waals surface area contributed by atoms with Crippen LogP contribution in [-0.2, 0) is 33.6 Å². The summed E-state index contributed by atoms with van der Waals surface area (Å²) < 4.78 is 0. The number of thioether (sulfide) groups is 1. The van der Waals surface area contributed by atoms with Crippen molar-refractivity contribution in [2.24, 2.45) is 11.5 Å². The Morgan fingerprint density at radius 1 is 0.574 bits per heavy atom. The predicted octanol–water partition coefficient (Wildman–Crippen LogP) is 2.44. The normalized spacial score (nSPS) is 13.1. The van der Waals surface area contributed by atoms with Gasteiger partial charge in [-0.25, -0.2) is 0 Å². The molecule has 0 spiro atoms. The van der Waals surface area contributed by atoms with E-state index < -0.39 is 66.2 Å². The first-order valence-corrected chi connectivity index (χ1v) is 21.4. The number of hydrogen-bond donors (Lipinski definition) is 8. The molecule has 54 heavy (non-hydrogen) atoms. The molecule has 0 radical (unpaired) electrons. The van der Waals surface area contributed by atoms with E-state index in [-0.39, 0.29) is 18.7 Å². The summed E-state index contributed by atoms with van der Waals surface area (Å²) in [5.41, 5.74) is 10.8. The summed E-state index contributed by atoms with van der Waals surface area (Å²) in [7, 11) is 1.44. The molecule has 4 atom stereocenters. The summed E-state index contributed by atoms with van der Waals surface area (Å²) in [4.78, 5) is 88.3. The molecule has 0 rings (SSSR count). The van der Waals surface area contributed by atoms with E-state index in [4.69, 9.17) is 11.5 Å². The smallest absolute Gasteiger partial charge is 0.243 e. The third-order valence-corrected chi connectivity index (χ3v) is 9.75. The Balaban J connectivity index is 4.83. The maximum Gasteiger partial charge on any atom is 0.243 e. The van der Waals surface area contributed by atoms with Gasteiger partial charge in [0.05, 0.1) is 6.54 Å². The van der Waals surface area contributed by atoms with Crippen LogP contribution in [0.2, 0.25) is 0 Å². The molecule has 0 heterocycles. The molecule has 0 saturated carbocycles. The molecule has 0 aliphatic rings. The van der Waals surface area contributed by atoms with Crippen LogP contribution in [-0.4, -0.2) is 97.7 Å². The van der Waals surface area contributed by atoms with Gasteiger partial charge < -0.3 is 43.4 Å². The lowest BCUT2D eigenvalue weighted by Gasteiger charge is -2.24. The molecule has 15 nitrogen and oxygen atoms in total. The molecule has 0 aliphatic heterocycles. The lowest BCUT2D eigenvalue weighted by Crippen LogP contribution is -2.56. The number of carbonyl (C=O) groups excluding carboxylic acids is 7. The second-order valence-corrected chi connectivity index (χ2v) is 14.9. The van der Waals surface area contributed by atoms with Crippen LogP contribution < -0.4 is 43.4 Å². The largest absolute Gasteiger partial charge is 0.370 e. The van der Waals surface area contributed by atoms with E-state index in [1.165, 1.54) is 89.9 Å². The number of likely N-dealkylation sites (N-methyl/N-ethyl adjacent to an activating group) is 1. The Bertz CT molecular complexity index is 1110. The molecule has 312 valence electrons. The van der Waals surface area contributed by atoms with E-state index >= 15 is 0 Å². The average Bonchev–Trinajstić information content (AvgIpc) is 3.14. The Morgan fingerprint density at radius 3 is 1.65 bits per heavy atom. The Hall–Kier alpha value is -3.40. The van der Waals surface area contributed by atoms with E-state index in [2.05, 4.69) is 38.8 Å². The second-order valence-electron chi connectivity index (χ2n) is 13.9. The van der Waals surface area contributed by atoms with Gasteiger partial charge in [-0.15, -0.1) is 0 Å². The fourth-order valence-corrected chi connectivity index (χ4v) is 6.25. The Labute approximate surface area is 327 Å². The van der Waals surface area contributed by atoms with E-state index in [0.29, 0.717) is 44.4 Å². The Kier molecular flexibility index (Phi) is 30.9. The maximum absolute atomic E-state index is 13.1. The van der Waals surface area contributed by atoms with E-state index in [1.807, 2.05) is 6.26 Å². The minimum Gasteiger partial charge on any atom is -0.370 e. The zero-order valence-electron chi connectivity index (χ0n) is 33.5. The molecule has 0 aromatic rings. The molecule has 0 fully saturated rings. The highest BCUT2D eigenvalue weighted by Crippen LogP contribution is 2.13. The molecule has 7 amide bonds. The third-order valence-electron chi connectivity index (χ3n) is 9.10. The average molecular weight is 785 g/mol. The van der Waals surface area contributed by atoms with Crippen molar-refractivity contribution >= 4 is 53.1 Å². The molecule has 0 unspecified atom stereocenters. The topological polar surface area (TPSA) is 244 Å². The number of nitrogens with one attached hydrogen (secondary N) is 6. The molecule has 0 aromatic carbocycles. The number of amides is 7. The standard InChI is InChI=1S/C38H72N8O7S/c1-5-6-7-8-9-10-11-12-13-14-15-16-17-21-33(48)44-31(24-26-54-4)37(52)42-27-34(49)43-28(2)35(50)45-30(22-23-32(40)47)38(53)46-29(36(51)41-3)20-18-19-25-39/h28-31H,5-27,39H2,1-4H3,(H2,40,47)(H,41,51)(H,42,52)(H,43,49)(H,44,48)(H,45,50)(H,46,53)/t28-,29-,30-,31-/m0/s1. The van der Waals surface area contributed by atoms with Crippen LogP contribution in [0.3, 0.4) is 0 Å². The summed E-state index contributed by atoms with van der Waals surface area (Å²) in [6.45, 7) is 3.62. The molecule has 10 N–H and O–H groups in total. The lowest BCUT2D eigenvalue weighted by molar-refractivity contribution is -0.134. The molecular weight excluding hydrogens is 713 g/mol. The number of nitrogens with two attached hydrogens (primary N) is 2. The summed E-state index contributed by atoms with van der Waals surface area (Å²) in [6, 6.07) is -4.03. The summed E-state index contributed by atoms with van der Waals surface area (Å²) >= 11 is 1.54. The SMILES string of the molecule is CCCCCCCCCCCCCCCC(=O)N[C@@H](CCSC)C(=O)NCC(=O)N[C@@H](C)C(=O)N[C@@H](CCC(N)=O)C(=O)N[C@@H](CCCCN)C(=O)NC. The van der Waals surface area contributed by atoms with Crippen molar-refractivity contribution in [2.45, 2.75) is 166 Å². The summed E-state index contributed by atoms with van der Waals surface area (Å²) in [5, 5.41) is 15.5. The van der Waals surface area contributed by atoms with Gasteiger partial charge in [0, 0.05) is 19.9 Å². The van der Waals surface area contributed by atoms with Gasteiger partial charge in [-0.2, -0.15) is 11.8 Å². The van der Waals surface area contributed by atoms with E-state index in [0.717, 1.165) is 19.3 Å². The monoisotopic (exact) mass is 785 g/mol. The molecule has 0 bridgehead atoms. The van der Waals surface area contributed by atoms with Crippen molar-refractivity contribution in [1.82, 2.24) is 31.9 Å². The highest BCUT2D eigenvalue weighted by Gasteiger charge is 2.28. The van der Waals surface area contributed by atoms with Crippen molar-refractivity contribution in [3.63, 3.8) is 0 Å². The molecule has 0 saturated heterocycles. The van der Waals surface area contributed by atoms with Crippen LogP contribution in [0.25, 0.3) is 0 Å². The number of primary amides is 1. The van der Waals surface area contributed by atoms with Gasteiger partial charge in [0.1, 0.15) is 24.2 Å². The van der Waals surface area contributed by atoms with Gasteiger partial charge in [-0.1, -0.05) is 84.0 Å². The fourth-order valence-electron chi connectivity index (χ4n) is 5.78. The van der Waals surface area contributed by atoms with Crippen molar-refractivity contribution in [1.29, 1.82) is 0 Å². The molecule has 0 aromatic heterocycles. The van der Waals surface area contributed by atoms with Gasteiger partial charge in [0.15, 0.2) is 0 Å². The minimum absolute atomic E-state index is 0.130. The predicted molar refractivity (Wildman–Crippen MR) is 215 cm³/mol. The summed E-state index contributed by atoms with van der Waals surface area (Å²) in [6.07, 6.45) is 19.5. The van der Waals surface area contributed by atoms with Crippen LogP contribution in [0.15, 0.2) is 0 Å². The third kappa shape index (κ3) is 26.4. The van der Waals surface area contributed by atoms with Gasteiger partial charge in [0.25, 0.3) is 0 Å². The van der Waals surface area contributed by atoms with Crippen molar-refractivity contribution in [3.05, 3.63) is 0 Å². The van der Waals surface area contributed by atoms with Crippen LogP contribution in [0.5, 0.6) is 0 Å². The van der Waals surface area contributed by atoms with Crippen LogP contribution in [0.4, 0.5) is 0 Å². The van der Waals surface area contributed by atoms with Crippen molar-refractivity contribution in [3.8, 4) is 0 Å². The number of rotatable bonds is 34. The fraction of sp³-hybridized carbons (Fsp3) is 0.816. The first-order valence-electron chi connectivity index (χ1n) is 20.1. The quantitative estimate of drug-likeness (QED) is 0.0446. The Morgan fingerprint density at radius 2 is 1.11 bits per heavy atom.